The fourth-order valence-corrected chi connectivity index (χ4v) is 3.64. The summed E-state index contributed by atoms with van der Waals surface area (Å²) in [6.07, 6.45) is 4.49. The number of furan rings is 1. The predicted molar refractivity (Wildman–Crippen MR) is 107 cm³/mol. The molecule has 0 spiro atoms. The molecule has 142 valence electrons. The normalized spacial score (nSPS) is 15.5. The van der Waals surface area contributed by atoms with Crippen LogP contribution in [0.1, 0.15) is 56.5 Å². The van der Waals surface area contributed by atoms with Crippen LogP contribution in [0.3, 0.4) is 0 Å². The van der Waals surface area contributed by atoms with Gasteiger partial charge in [-0.3, -0.25) is 9.59 Å². The van der Waals surface area contributed by atoms with E-state index in [1.54, 1.807) is 24.3 Å². The van der Waals surface area contributed by atoms with Crippen LogP contribution in [-0.4, -0.2) is 11.8 Å². The van der Waals surface area contributed by atoms with Crippen molar-refractivity contribution in [1.82, 2.24) is 5.32 Å². The Morgan fingerprint density at radius 2 is 1.89 bits per heavy atom. The van der Waals surface area contributed by atoms with Crippen LogP contribution in [0.4, 0.5) is 5.69 Å². The van der Waals surface area contributed by atoms with Crippen LogP contribution in [0.15, 0.2) is 65.3 Å². The number of amides is 2. The van der Waals surface area contributed by atoms with E-state index in [9.17, 15) is 9.59 Å². The fraction of sp³-hybridized carbons (Fsp3) is 0.217. The lowest BCUT2D eigenvalue weighted by molar-refractivity contribution is 0.0931. The monoisotopic (exact) mass is 374 g/mol. The molecule has 0 aliphatic heterocycles. The van der Waals surface area contributed by atoms with Gasteiger partial charge in [-0.2, -0.15) is 0 Å². The van der Waals surface area contributed by atoms with E-state index >= 15 is 0 Å². The first-order valence-electron chi connectivity index (χ1n) is 9.46. The molecule has 1 atom stereocenters. The Labute approximate surface area is 163 Å². The van der Waals surface area contributed by atoms with Crippen molar-refractivity contribution in [2.24, 2.45) is 0 Å². The summed E-state index contributed by atoms with van der Waals surface area (Å²) in [7, 11) is 0. The van der Waals surface area contributed by atoms with Crippen LogP contribution in [0, 0.1) is 6.92 Å². The Balaban J connectivity index is 1.52. The maximum Gasteiger partial charge on any atom is 0.291 e. The van der Waals surface area contributed by atoms with Gasteiger partial charge < -0.3 is 15.1 Å². The molecule has 0 fully saturated rings. The van der Waals surface area contributed by atoms with Gasteiger partial charge in [0.25, 0.3) is 11.8 Å². The first kappa shape index (κ1) is 18.0. The minimum Gasteiger partial charge on any atom is -0.459 e. The lowest BCUT2D eigenvalue weighted by Crippen LogP contribution is -2.31. The second kappa shape index (κ2) is 7.72. The first-order valence-corrected chi connectivity index (χ1v) is 9.46. The quantitative estimate of drug-likeness (QED) is 0.698. The molecule has 0 bridgehead atoms. The van der Waals surface area contributed by atoms with Gasteiger partial charge >= 0.3 is 0 Å². The molecule has 2 aromatic carbocycles. The second-order valence-electron chi connectivity index (χ2n) is 7.08. The Morgan fingerprint density at radius 3 is 2.71 bits per heavy atom. The van der Waals surface area contributed by atoms with E-state index in [1.165, 1.54) is 17.4 Å². The minimum atomic E-state index is -0.341. The van der Waals surface area contributed by atoms with E-state index in [0.717, 1.165) is 24.8 Å². The van der Waals surface area contributed by atoms with Crippen LogP contribution < -0.4 is 10.6 Å². The second-order valence-corrected chi connectivity index (χ2v) is 7.08. The largest absolute Gasteiger partial charge is 0.459 e. The number of hydrogen-bond donors (Lipinski definition) is 2. The summed E-state index contributed by atoms with van der Waals surface area (Å²) >= 11 is 0. The van der Waals surface area contributed by atoms with Crippen molar-refractivity contribution < 1.29 is 14.0 Å². The maximum absolute atomic E-state index is 12.9. The topological polar surface area (TPSA) is 71.3 Å². The molecule has 0 unspecified atom stereocenters. The Hall–Kier alpha value is -3.34. The van der Waals surface area contributed by atoms with Crippen molar-refractivity contribution in [1.29, 1.82) is 0 Å². The van der Waals surface area contributed by atoms with E-state index in [4.69, 9.17) is 4.42 Å². The van der Waals surface area contributed by atoms with Gasteiger partial charge in [0.05, 0.1) is 12.3 Å². The molecule has 1 aliphatic rings. The lowest BCUT2D eigenvalue weighted by atomic mass is 9.87. The fourth-order valence-electron chi connectivity index (χ4n) is 3.64. The third-order valence-electron chi connectivity index (χ3n) is 5.17. The number of carbonyl (C=O) groups is 2. The molecular formula is C23H22N2O3. The zero-order valence-corrected chi connectivity index (χ0v) is 15.7. The molecule has 3 aromatic rings. The molecule has 2 N–H and O–H groups in total. The summed E-state index contributed by atoms with van der Waals surface area (Å²) in [5.41, 5.74) is 4.48. The minimum absolute atomic E-state index is 0.0138. The predicted octanol–water partition coefficient (Wildman–Crippen LogP) is 4.65. The zero-order valence-electron chi connectivity index (χ0n) is 15.7. The van der Waals surface area contributed by atoms with Crippen LogP contribution in [0.2, 0.25) is 0 Å². The summed E-state index contributed by atoms with van der Waals surface area (Å²) in [5.74, 6) is -0.255. The number of rotatable bonds is 4. The third-order valence-corrected chi connectivity index (χ3v) is 5.17. The van der Waals surface area contributed by atoms with Gasteiger partial charge in [0.1, 0.15) is 0 Å². The van der Waals surface area contributed by atoms with Crippen molar-refractivity contribution in [3.8, 4) is 0 Å². The molecule has 1 aromatic heterocycles. The van der Waals surface area contributed by atoms with Gasteiger partial charge in [0.2, 0.25) is 0 Å². The third kappa shape index (κ3) is 3.69. The molecule has 5 heteroatoms. The average molecular weight is 374 g/mol. The number of aryl methyl sites for hydroxylation is 2. The number of carbonyl (C=O) groups excluding carboxylic acids is 2. The van der Waals surface area contributed by atoms with Gasteiger partial charge in [-0.1, -0.05) is 30.3 Å². The zero-order chi connectivity index (χ0) is 19.5. The Bertz CT molecular complexity index is 1010. The van der Waals surface area contributed by atoms with Gasteiger partial charge in [0, 0.05) is 11.3 Å². The maximum atomic E-state index is 12.9. The van der Waals surface area contributed by atoms with Crippen LogP contribution in [-0.2, 0) is 6.42 Å². The molecule has 1 aliphatic carbocycles. The van der Waals surface area contributed by atoms with Gasteiger partial charge in [-0.25, -0.2) is 0 Å². The summed E-state index contributed by atoms with van der Waals surface area (Å²) in [6, 6.07) is 16.9. The number of benzene rings is 2. The molecule has 0 radical (unpaired) electrons. The van der Waals surface area contributed by atoms with E-state index in [0.29, 0.717) is 11.3 Å². The highest BCUT2D eigenvalue weighted by Gasteiger charge is 2.22. The highest BCUT2D eigenvalue weighted by atomic mass is 16.3. The summed E-state index contributed by atoms with van der Waals surface area (Å²) in [6.45, 7) is 1.89. The first-order chi connectivity index (χ1) is 13.6. The lowest BCUT2D eigenvalue weighted by Gasteiger charge is -2.26. The number of anilines is 1. The van der Waals surface area contributed by atoms with Crippen molar-refractivity contribution in [2.45, 2.75) is 32.2 Å². The molecule has 0 saturated heterocycles. The SMILES string of the molecule is Cc1ccc(C(=O)N[C@H]2CCCc3ccccc32)cc1NC(=O)c1ccco1. The van der Waals surface area contributed by atoms with Crippen molar-refractivity contribution >= 4 is 17.5 Å². The van der Waals surface area contributed by atoms with Crippen molar-refractivity contribution in [2.75, 3.05) is 5.32 Å². The summed E-state index contributed by atoms with van der Waals surface area (Å²) in [5, 5.41) is 5.96. The average Bonchev–Trinajstić information content (AvgIpc) is 3.25. The van der Waals surface area contributed by atoms with E-state index < -0.39 is 0 Å². The van der Waals surface area contributed by atoms with Crippen LogP contribution >= 0.6 is 0 Å². The van der Waals surface area contributed by atoms with Gasteiger partial charge in [-0.15, -0.1) is 0 Å². The summed E-state index contributed by atoms with van der Waals surface area (Å²) < 4.78 is 5.13. The molecule has 5 nitrogen and oxygen atoms in total. The number of fused-ring (bicyclic) bond motifs is 1. The van der Waals surface area contributed by atoms with Crippen LogP contribution in [0.25, 0.3) is 0 Å². The van der Waals surface area contributed by atoms with Crippen molar-refractivity contribution in [3.63, 3.8) is 0 Å². The van der Waals surface area contributed by atoms with E-state index in [1.807, 2.05) is 25.1 Å². The molecule has 2 amide bonds. The molecule has 0 saturated carbocycles. The standard InChI is InChI=1S/C23H22N2O3/c1-15-11-12-17(14-20(15)25-23(27)21-10-5-13-28-21)22(26)24-19-9-4-7-16-6-2-3-8-18(16)19/h2-3,5-6,8,10-14,19H,4,7,9H2,1H3,(H,24,26)(H,25,27)/t19-/m0/s1. The smallest absolute Gasteiger partial charge is 0.291 e. The molecule has 28 heavy (non-hydrogen) atoms. The Morgan fingerprint density at radius 1 is 1.04 bits per heavy atom. The Kier molecular flexibility index (Phi) is 4.98. The molecular weight excluding hydrogens is 352 g/mol. The van der Waals surface area contributed by atoms with Crippen LogP contribution in [0.5, 0.6) is 0 Å². The van der Waals surface area contributed by atoms with Crippen molar-refractivity contribution in [3.05, 3.63) is 88.9 Å². The number of nitrogens with one attached hydrogen (secondary N) is 2. The highest BCUT2D eigenvalue weighted by molar-refractivity contribution is 6.04. The van der Waals surface area contributed by atoms with E-state index in [2.05, 4.69) is 22.8 Å². The van der Waals surface area contributed by atoms with E-state index in [-0.39, 0.29) is 23.6 Å². The summed E-state index contributed by atoms with van der Waals surface area (Å²) in [4.78, 5) is 25.1. The molecule has 1 heterocycles. The highest BCUT2D eigenvalue weighted by Crippen LogP contribution is 2.30. The molecule has 4 rings (SSSR count). The number of hydrogen-bond acceptors (Lipinski definition) is 3. The van der Waals surface area contributed by atoms with Gasteiger partial charge in [0.15, 0.2) is 5.76 Å². The van der Waals surface area contributed by atoms with Gasteiger partial charge in [-0.05, 0) is 67.1 Å².